The summed E-state index contributed by atoms with van der Waals surface area (Å²) < 4.78 is 18.0. The molecule has 0 saturated heterocycles. The van der Waals surface area contributed by atoms with Gasteiger partial charge in [0, 0.05) is 24.4 Å². The van der Waals surface area contributed by atoms with Crippen molar-refractivity contribution in [3.05, 3.63) is 91.6 Å². The maximum atomic E-state index is 16.5. The normalized spacial score (nSPS) is 19.3. The topological polar surface area (TPSA) is 91.6 Å². The second-order valence-corrected chi connectivity index (χ2v) is 14.1. The van der Waals surface area contributed by atoms with E-state index in [1.165, 1.54) is 15.7 Å². The number of carboxylic acid groups (broad SMARTS) is 1. The first-order valence-corrected chi connectivity index (χ1v) is 17.2. The largest absolute Gasteiger partial charge is 0.481 e. The Balaban J connectivity index is 1.63. The van der Waals surface area contributed by atoms with Crippen LogP contribution in [-0.2, 0) is 22.4 Å². The molecule has 2 atom stereocenters. The van der Waals surface area contributed by atoms with E-state index in [2.05, 4.69) is 36.2 Å². The fraction of sp³-hybridized carbons (Fsp3) is 0.513. The quantitative estimate of drug-likeness (QED) is 0.281. The average Bonchev–Trinajstić information content (AvgIpc) is 3.83. The molecule has 252 valence electrons. The lowest BCUT2D eigenvalue weighted by Crippen LogP contribution is -2.40. The Labute approximate surface area is 278 Å². The van der Waals surface area contributed by atoms with Crippen LogP contribution in [0.1, 0.15) is 115 Å². The second kappa shape index (κ2) is 15.0. The number of nitrogens with one attached hydrogen (secondary N) is 1. The zero-order valence-electron chi connectivity index (χ0n) is 28.6. The van der Waals surface area contributed by atoms with E-state index in [9.17, 15) is 19.5 Å². The monoisotopic (exact) mass is 643 g/mol. The van der Waals surface area contributed by atoms with E-state index < -0.39 is 36.2 Å². The van der Waals surface area contributed by atoms with Crippen LogP contribution in [0, 0.1) is 26.6 Å². The van der Waals surface area contributed by atoms with Crippen LogP contribution < -0.4 is 10.9 Å². The number of carbonyl (C=O) groups is 2. The minimum atomic E-state index is -1.13. The van der Waals surface area contributed by atoms with Crippen LogP contribution in [0.25, 0.3) is 11.1 Å². The summed E-state index contributed by atoms with van der Waals surface area (Å²) in [5, 5.41) is 12.9. The molecule has 1 saturated carbocycles. The summed E-state index contributed by atoms with van der Waals surface area (Å²) in [4.78, 5) is 42.0. The number of aliphatic carboxylic acids is 1. The number of nitrogens with zero attached hydrogens (tertiary/aromatic N) is 2. The molecule has 1 fully saturated rings. The third-order valence-electron chi connectivity index (χ3n) is 9.85. The zero-order chi connectivity index (χ0) is 33.8. The van der Waals surface area contributed by atoms with Crippen molar-refractivity contribution < 1.29 is 19.1 Å². The summed E-state index contributed by atoms with van der Waals surface area (Å²) in [7, 11) is 3.99. The minimum Gasteiger partial charge on any atom is -0.481 e. The molecule has 2 N–H and O–H groups in total. The number of fused-ring (bicyclic) bond motifs is 4. The van der Waals surface area contributed by atoms with Gasteiger partial charge in [0.25, 0.3) is 5.56 Å². The Morgan fingerprint density at radius 2 is 1.64 bits per heavy atom. The van der Waals surface area contributed by atoms with Crippen molar-refractivity contribution in [2.75, 3.05) is 20.6 Å². The lowest BCUT2D eigenvalue weighted by atomic mass is 9.86. The number of hydrogen-bond donors (Lipinski definition) is 2. The molecule has 2 heterocycles. The van der Waals surface area contributed by atoms with Gasteiger partial charge in [-0.15, -0.1) is 0 Å². The van der Waals surface area contributed by atoms with Gasteiger partial charge in [-0.3, -0.25) is 14.4 Å². The highest BCUT2D eigenvalue weighted by Crippen LogP contribution is 2.45. The predicted octanol–water partition coefficient (Wildman–Crippen LogP) is 7.33. The number of halogens is 1. The number of rotatable bonds is 7. The molecule has 0 radical (unpaired) electrons. The fourth-order valence-corrected chi connectivity index (χ4v) is 7.22. The lowest BCUT2D eigenvalue weighted by molar-refractivity contribution is -0.138. The molecule has 0 unspecified atom stereocenters. The molecule has 7 nitrogen and oxygen atoms in total. The highest BCUT2D eigenvalue weighted by Gasteiger charge is 2.33. The molecule has 3 aromatic rings. The molecule has 5 rings (SSSR count). The van der Waals surface area contributed by atoms with Crippen molar-refractivity contribution >= 4 is 11.9 Å². The van der Waals surface area contributed by atoms with Crippen molar-refractivity contribution in [2.24, 2.45) is 0 Å². The predicted molar refractivity (Wildman–Crippen MR) is 185 cm³/mol. The molecule has 2 aromatic carbocycles. The van der Waals surface area contributed by atoms with E-state index >= 15 is 4.39 Å². The van der Waals surface area contributed by atoms with Crippen molar-refractivity contribution in [2.45, 2.75) is 109 Å². The zero-order valence-corrected chi connectivity index (χ0v) is 28.6. The van der Waals surface area contributed by atoms with E-state index in [-0.39, 0.29) is 17.0 Å². The smallest absolute Gasteiger partial charge is 0.305 e. The van der Waals surface area contributed by atoms with Gasteiger partial charge in [0.1, 0.15) is 11.9 Å². The van der Waals surface area contributed by atoms with Crippen LogP contribution in [0.2, 0.25) is 0 Å². The Bertz CT molecular complexity index is 1690. The summed E-state index contributed by atoms with van der Waals surface area (Å²) in [6.07, 6.45) is 9.85. The van der Waals surface area contributed by atoms with Crippen LogP contribution in [0.4, 0.5) is 4.39 Å². The van der Waals surface area contributed by atoms with Crippen molar-refractivity contribution in [1.29, 1.82) is 0 Å². The maximum Gasteiger partial charge on any atom is 0.305 e. The van der Waals surface area contributed by atoms with Gasteiger partial charge in [0.05, 0.1) is 12.5 Å². The van der Waals surface area contributed by atoms with Crippen LogP contribution >= 0.6 is 0 Å². The van der Waals surface area contributed by atoms with Gasteiger partial charge in [-0.25, -0.2) is 4.39 Å². The first-order chi connectivity index (χ1) is 22.4. The van der Waals surface area contributed by atoms with Gasteiger partial charge in [0.2, 0.25) is 5.91 Å². The summed E-state index contributed by atoms with van der Waals surface area (Å²) >= 11 is 0. The maximum absolute atomic E-state index is 16.5. The average molecular weight is 644 g/mol. The molecule has 1 amide bonds. The number of pyridine rings is 1. The van der Waals surface area contributed by atoms with Gasteiger partial charge in [-0.1, -0.05) is 43.4 Å². The van der Waals surface area contributed by atoms with E-state index in [1.54, 1.807) is 18.3 Å². The van der Waals surface area contributed by atoms with Crippen molar-refractivity contribution in [3.63, 3.8) is 0 Å². The fourth-order valence-electron chi connectivity index (χ4n) is 7.22. The van der Waals surface area contributed by atoms with Crippen molar-refractivity contribution in [1.82, 2.24) is 14.8 Å². The third kappa shape index (κ3) is 8.39. The number of carbonyl (C=O) groups excluding carboxylic acids is 1. The lowest BCUT2D eigenvalue weighted by Gasteiger charge is -2.26. The Kier molecular flexibility index (Phi) is 11.0. The van der Waals surface area contributed by atoms with Gasteiger partial charge in [-0.2, -0.15) is 0 Å². The molecule has 2 aliphatic rings. The first-order valence-electron chi connectivity index (χ1n) is 17.2. The number of benzene rings is 2. The van der Waals surface area contributed by atoms with Gasteiger partial charge in [0.15, 0.2) is 0 Å². The number of amides is 1. The summed E-state index contributed by atoms with van der Waals surface area (Å²) in [6.45, 7) is 6.87. The minimum absolute atomic E-state index is 0.0779. The Morgan fingerprint density at radius 3 is 2.34 bits per heavy atom. The molecule has 0 spiro atoms. The highest BCUT2D eigenvalue weighted by molar-refractivity contribution is 5.82. The van der Waals surface area contributed by atoms with E-state index in [1.807, 2.05) is 27.1 Å². The second-order valence-electron chi connectivity index (χ2n) is 14.1. The summed E-state index contributed by atoms with van der Waals surface area (Å²) in [5.74, 6) is -1.96. The SMILES string of the molecule is Cc1cc(C)c2c(c1)CCCCCCC[C@H](n1cc(CCN(C)C)c(C)cc1=O)C(=O)N[C@@H](CC(=O)O)c1cc-2cc(C2CC2)c1F. The van der Waals surface area contributed by atoms with Gasteiger partial charge < -0.3 is 19.9 Å². The van der Waals surface area contributed by atoms with Crippen LogP contribution in [0.3, 0.4) is 0 Å². The van der Waals surface area contributed by atoms with Gasteiger partial charge in [-0.05, 0) is 130 Å². The van der Waals surface area contributed by atoms with Gasteiger partial charge >= 0.3 is 5.97 Å². The van der Waals surface area contributed by atoms with Crippen LogP contribution in [0.15, 0.2) is 41.3 Å². The molecular weight excluding hydrogens is 593 g/mol. The number of likely N-dealkylation sites (N-methyl/N-ethyl adjacent to an activating group) is 1. The van der Waals surface area contributed by atoms with E-state index in [0.717, 1.165) is 92.1 Å². The molecule has 8 heteroatoms. The van der Waals surface area contributed by atoms with Crippen LogP contribution in [-0.4, -0.2) is 47.1 Å². The Morgan fingerprint density at radius 1 is 0.936 bits per heavy atom. The molecular formula is C39H50FN3O4. The third-order valence-corrected chi connectivity index (χ3v) is 9.85. The molecule has 1 aromatic heterocycles. The number of hydrogen-bond acceptors (Lipinski definition) is 4. The number of carboxylic acids is 1. The number of aromatic nitrogens is 1. The van der Waals surface area contributed by atoms with E-state index in [0.29, 0.717) is 12.0 Å². The molecule has 1 aliphatic carbocycles. The molecule has 47 heavy (non-hydrogen) atoms. The molecule has 2 bridgehead atoms. The number of aryl methyl sites for hydroxylation is 4. The summed E-state index contributed by atoms with van der Waals surface area (Å²) in [5.41, 5.74) is 7.81. The Hall–Kier alpha value is -3.78. The van der Waals surface area contributed by atoms with E-state index in [4.69, 9.17) is 0 Å². The highest BCUT2D eigenvalue weighted by atomic mass is 19.1. The summed E-state index contributed by atoms with van der Waals surface area (Å²) in [6, 6.07) is 7.71. The molecule has 1 aliphatic heterocycles. The standard InChI is InChI=1S/C39H50FN3O4/c1-24-17-26(3)37-28(18-24)11-9-7-6-8-10-12-34(43-23-29(15-16-42(4)5)25(2)19-35(43)44)39(47)41-33(22-36(45)46)32-21-30(37)20-31(38(32)40)27-13-14-27/h17-21,23,27,33-34H,6-16,22H2,1-5H3,(H,41,47)(H,45,46)/t33-,34-/m0/s1. The van der Waals surface area contributed by atoms with Crippen molar-refractivity contribution in [3.8, 4) is 11.1 Å². The first kappa shape index (κ1) is 34.6. The van der Waals surface area contributed by atoms with Crippen LogP contribution in [0.5, 0.6) is 0 Å².